The van der Waals surface area contributed by atoms with Gasteiger partial charge in [0.25, 0.3) is 0 Å². The first kappa shape index (κ1) is 17.9. The molecule has 0 saturated heterocycles. The van der Waals surface area contributed by atoms with Gasteiger partial charge in [-0.1, -0.05) is 65.9 Å². The molecule has 2 amide bonds. The second kappa shape index (κ2) is 7.26. The number of fused-ring (bicyclic) bond motifs is 1. The molecule has 0 saturated carbocycles. The first-order valence-electron chi connectivity index (χ1n) is 9.15. The van der Waals surface area contributed by atoms with Crippen LogP contribution in [0.25, 0.3) is 0 Å². The summed E-state index contributed by atoms with van der Waals surface area (Å²) in [6.45, 7) is 0.558. The maximum Gasteiger partial charge on any atom is 0.245 e. The van der Waals surface area contributed by atoms with Gasteiger partial charge < -0.3 is 0 Å². The van der Waals surface area contributed by atoms with Crippen molar-refractivity contribution in [1.29, 1.82) is 0 Å². The van der Waals surface area contributed by atoms with E-state index in [-0.39, 0.29) is 11.8 Å². The molecule has 0 spiro atoms. The molecule has 1 aromatic heterocycles. The normalized spacial score (nSPS) is 16.9. The van der Waals surface area contributed by atoms with Gasteiger partial charge in [-0.15, -0.1) is 5.10 Å². The van der Waals surface area contributed by atoms with Crippen LogP contribution in [0.2, 0.25) is 0 Å². The fourth-order valence-corrected chi connectivity index (χ4v) is 3.50. The van der Waals surface area contributed by atoms with E-state index in [1.807, 2.05) is 48.5 Å². The molecular formula is C21H21N5O2. The molecule has 1 unspecified atom stereocenters. The number of amides is 2. The Morgan fingerprint density at radius 2 is 1.46 bits per heavy atom. The average molecular weight is 375 g/mol. The number of hydrogen-bond acceptors (Lipinski definition) is 4. The Morgan fingerprint density at radius 1 is 0.857 bits per heavy atom. The minimum Gasteiger partial charge on any atom is -0.296 e. The van der Waals surface area contributed by atoms with Crippen LogP contribution in [0.15, 0.2) is 60.7 Å². The van der Waals surface area contributed by atoms with Crippen molar-refractivity contribution >= 4 is 23.5 Å². The third-order valence-corrected chi connectivity index (χ3v) is 5.07. The molecule has 0 N–H and O–H groups in total. The molecule has 1 atom stereocenters. The van der Waals surface area contributed by atoms with E-state index in [4.69, 9.17) is 0 Å². The quantitative estimate of drug-likeness (QED) is 0.656. The van der Waals surface area contributed by atoms with Crippen LogP contribution in [0.3, 0.4) is 0 Å². The van der Waals surface area contributed by atoms with Crippen molar-refractivity contribution in [3.05, 3.63) is 71.8 Å². The van der Waals surface area contributed by atoms with Gasteiger partial charge in [-0.2, -0.15) is 0 Å². The summed E-state index contributed by atoms with van der Waals surface area (Å²) in [6.07, 6.45) is 0.748. The summed E-state index contributed by atoms with van der Waals surface area (Å²) in [5, 5.41) is 8.40. The zero-order valence-corrected chi connectivity index (χ0v) is 15.8. The Balaban J connectivity index is 1.68. The first-order valence-corrected chi connectivity index (χ1v) is 9.15. The molecule has 142 valence electrons. The summed E-state index contributed by atoms with van der Waals surface area (Å²) >= 11 is 0. The molecule has 3 aromatic rings. The Kier molecular flexibility index (Phi) is 4.65. The lowest BCUT2D eigenvalue weighted by Gasteiger charge is -2.20. The van der Waals surface area contributed by atoms with E-state index in [0.29, 0.717) is 23.7 Å². The molecule has 0 fully saturated rings. The topological polar surface area (TPSA) is 71.3 Å². The second-order valence-corrected chi connectivity index (χ2v) is 6.83. The van der Waals surface area contributed by atoms with Gasteiger partial charge in [-0.25, -0.2) is 4.68 Å². The summed E-state index contributed by atoms with van der Waals surface area (Å²) in [4.78, 5) is 29.2. The minimum absolute atomic E-state index is 0.287. The lowest BCUT2D eigenvalue weighted by Crippen LogP contribution is -2.38. The molecule has 7 nitrogen and oxygen atoms in total. The Morgan fingerprint density at radius 3 is 2.14 bits per heavy atom. The first-order chi connectivity index (χ1) is 13.6. The molecule has 4 rings (SSSR count). The van der Waals surface area contributed by atoms with Crippen molar-refractivity contribution in [2.24, 2.45) is 0 Å². The number of aryl methyl sites for hydroxylation is 2. The van der Waals surface area contributed by atoms with Gasteiger partial charge in [-0.05, 0) is 17.5 Å². The standard InChI is InChI=1S/C21H21N5O2/c1-24-18-19(26(23-22-18)14-13-15-9-5-3-6-10-15)25(2)21(28)17(20(24)27)16-11-7-4-8-12-16/h3-12,17H,13-14H2,1-2H3. The van der Waals surface area contributed by atoms with Crippen molar-refractivity contribution in [2.45, 2.75) is 18.9 Å². The number of hydrogen-bond donors (Lipinski definition) is 0. The van der Waals surface area contributed by atoms with E-state index in [0.717, 1.165) is 6.42 Å². The van der Waals surface area contributed by atoms with Crippen LogP contribution in [0, 0.1) is 0 Å². The number of anilines is 2. The molecule has 2 aromatic carbocycles. The number of rotatable bonds is 4. The van der Waals surface area contributed by atoms with Gasteiger partial charge >= 0.3 is 0 Å². The minimum atomic E-state index is -0.895. The molecule has 0 aliphatic carbocycles. The Hall–Kier alpha value is -3.48. The fourth-order valence-electron chi connectivity index (χ4n) is 3.50. The van der Waals surface area contributed by atoms with Crippen LogP contribution < -0.4 is 9.80 Å². The highest BCUT2D eigenvalue weighted by atomic mass is 16.2. The van der Waals surface area contributed by atoms with Crippen LogP contribution in [0.4, 0.5) is 11.6 Å². The van der Waals surface area contributed by atoms with E-state index < -0.39 is 5.92 Å². The highest BCUT2D eigenvalue weighted by Gasteiger charge is 2.41. The van der Waals surface area contributed by atoms with Gasteiger partial charge in [0.1, 0.15) is 5.92 Å². The predicted octanol–water partition coefficient (Wildman–Crippen LogP) is 2.24. The number of nitrogens with zero attached hydrogens (tertiary/aromatic N) is 5. The summed E-state index contributed by atoms with van der Waals surface area (Å²) in [6, 6.07) is 19.2. The molecule has 1 aliphatic heterocycles. The molecule has 0 radical (unpaired) electrons. The van der Waals surface area contributed by atoms with Gasteiger partial charge in [-0.3, -0.25) is 19.4 Å². The summed E-state index contributed by atoms with van der Waals surface area (Å²) < 4.78 is 1.69. The fraction of sp³-hybridized carbons (Fsp3) is 0.238. The van der Waals surface area contributed by atoms with Gasteiger partial charge in [0.15, 0.2) is 5.82 Å². The number of carbonyl (C=O) groups is 2. The number of aromatic nitrogens is 3. The molecule has 1 aliphatic rings. The molecule has 7 heteroatoms. The Bertz CT molecular complexity index is 1000. The van der Waals surface area contributed by atoms with Crippen molar-refractivity contribution in [2.75, 3.05) is 23.9 Å². The van der Waals surface area contributed by atoms with E-state index in [1.165, 1.54) is 15.4 Å². The monoisotopic (exact) mass is 375 g/mol. The number of carbonyl (C=O) groups excluding carboxylic acids is 2. The van der Waals surface area contributed by atoms with Crippen molar-refractivity contribution < 1.29 is 9.59 Å². The summed E-state index contributed by atoms with van der Waals surface area (Å²) in [5.74, 6) is -0.558. The number of benzene rings is 2. The summed E-state index contributed by atoms with van der Waals surface area (Å²) in [7, 11) is 3.31. The van der Waals surface area contributed by atoms with Crippen LogP contribution in [0.5, 0.6) is 0 Å². The van der Waals surface area contributed by atoms with Crippen molar-refractivity contribution in [1.82, 2.24) is 15.0 Å². The maximum absolute atomic E-state index is 13.2. The highest BCUT2D eigenvalue weighted by molar-refractivity contribution is 6.19. The van der Waals surface area contributed by atoms with E-state index in [9.17, 15) is 9.59 Å². The molecule has 0 bridgehead atoms. The average Bonchev–Trinajstić information content (AvgIpc) is 3.14. The second-order valence-electron chi connectivity index (χ2n) is 6.83. The smallest absolute Gasteiger partial charge is 0.245 e. The van der Waals surface area contributed by atoms with Gasteiger partial charge in [0.2, 0.25) is 17.6 Å². The zero-order valence-electron chi connectivity index (χ0n) is 15.8. The highest BCUT2D eigenvalue weighted by Crippen LogP contribution is 2.34. The lowest BCUT2D eigenvalue weighted by atomic mass is 9.97. The van der Waals surface area contributed by atoms with E-state index in [1.54, 1.807) is 30.9 Å². The van der Waals surface area contributed by atoms with Gasteiger partial charge in [0.05, 0.1) is 0 Å². The number of likely N-dealkylation sites (N-methyl/N-ethyl adjacent to an activating group) is 2. The van der Waals surface area contributed by atoms with Gasteiger partial charge in [0, 0.05) is 20.6 Å². The molecular weight excluding hydrogens is 354 g/mol. The third kappa shape index (κ3) is 3.05. The van der Waals surface area contributed by atoms with Crippen LogP contribution in [-0.4, -0.2) is 40.9 Å². The molecule has 2 heterocycles. The summed E-state index contributed by atoms with van der Waals surface area (Å²) in [5.41, 5.74) is 1.84. The van der Waals surface area contributed by atoms with Crippen LogP contribution >= 0.6 is 0 Å². The molecule has 28 heavy (non-hydrogen) atoms. The zero-order chi connectivity index (χ0) is 19.7. The maximum atomic E-state index is 13.2. The SMILES string of the molecule is CN1C(=O)C(c2ccccc2)C(=O)N(C)c2c1nnn2CCc1ccccc1. The van der Waals surface area contributed by atoms with Crippen molar-refractivity contribution in [3.63, 3.8) is 0 Å². The lowest BCUT2D eigenvalue weighted by molar-refractivity contribution is -0.128. The largest absolute Gasteiger partial charge is 0.296 e. The van der Waals surface area contributed by atoms with E-state index in [2.05, 4.69) is 10.3 Å². The van der Waals surface area contributed by atoms with Crippen LogP contribution in [-0.2, 0) is 22.6 Å². The van der Waals surface area contributed by atoms with Crippen molar-refractivity contribution in [3.8, 4) is 0 Å². The Labute approximate surface area is 163 Å². The third-order valence-electron chi connectivity index (χ3n) is 5.07. The van der Waals surface area contributed by atoms with Crippen LogP contribution in [0.1, 0.15) is 17.0 Å². The predicted molar refractivity (Wildman–Crippen MR) is 106 cm³/mol. The van der Waals surface area contributed by atoms with E-state index >= 15 is 0 Å².